The highest BCUT2D eigenvalue weighted by Crippen LogP contribution is 2.44. The minimum Gasteiger partial charge on any atom is -0.486 e. The summed E-state index contributed by atoms with van der Waals surface area (Å²) in [6.07, 6.45) is 2.64. The maximum atomic E-state index is 12.6. The lowest BCUT2D eigenvalue weighted by Gasteiger charge is -2.26. The number of nitrogens with one attached hydrogen (secondary N) is 1. The van der Waals surface area contributed by atoms with Gasteiger partial charge in [-0.1, -0.05) is 6.07 Å². The summed E-state index contributed by atoms with van der Waals surface area (Å²) in [4.78, 5) is 16.3. The van der Waals surface area contributed by atoms with Crippen LogP contribution in [-0.2, 0) is 4.79 Å². The molecule has 0 radical (unpaired) electrons. The van der Waals surface area contributed by atoms with Gasteiger partial charge in [-0.2, -0.15) is 0 Å². The van der Waals surface area contributed by atoms with Crippen molar-refractivity contribution in [2.45, 2.75) is 30.4 Å². The summed E-state index contributed by atoms with van der Waals surface area (Å²) in [5.41, 5.74) is 1.14. The van der Waals surface area contributed by atoms with Crippen molar-refractivity contribution in [2.24, 2.45) is 0 Å². The molecule has 0 aromatic heterocycles. The van der Waals surface area contributed by atoms with E-state index < -0.39 is 0 Å². The van der Waals surface area contributed by atoms with Gasteiger partial charge in [-0.05, 0) is 24.6 Å². The summed E-state index contributed by atoms with van der Waals surface area (Å²) in [7, 11) is 0. The van der Waals surface area contributed by atoms with Crippen molar-refractivity contribution in [1.29, 1.82) is 0 Å². The van der Waals surface area contributed by atoms with Crippen molar-refractivity contribution in [3.63, 3.8) is 0 Å². The fourth-order valence-corrected chi connectivity index (χ4v) is 5.08. The first-order valence-corrected chi connectivity index (χ1v) is 9.86. The summed E-state index contributed by atoms with van der Waals surface area (Å²) < 4.78 is 11.3. The third-order valence-electron chi connectivity index (χ3n) is 5.12. The normalized spacial score (nSPS) is 27.0. The van der Waals surface area contributed by atoms with Gasteiger partial charge in [0, 0.05) is 12.8 Å². The average molecular weight is 349 g/mol. The number of rotatable bonds is 4. The minimum absolute atomic E-state index is 0.0248. The largest absolute Gasteiger partial charge is 0.486 e. The van der Waals surface area contributed by atoms with Gasteiger partial charge in [0.1, 0.15) is 18.6 Å². The van der Waals surface area contributed by atoms with Crippen molar-refractivity contribution >= 4 is 17.7 Å². The van der Waals surface area contributed by atoms with E-state index >= 15 is 0 Å². The Morgan fingerprint density at radius 3 is 2.75 bits per heavy atom. The first-order valence-electron chi connectivity index (χ1n) is 8.91. The van der Waals surface area contributed by atoms with Crippen LogP contribution in [0.5, 0.6) is 11.5 Å². The molecule has 6 heteroatoms. The number of hydrogen-bond donors (Lipinski definition) is 1. The molecule has 1 N–H and O–H groups in total. The quantitative estimate of drug-likeness (QED) is 0.884. The number of quaternary nitrogens is 1. The molecule has 2 atom stereocenters. The number of carbonyl (C=O) groups is 1. The predicted octanol–water partition coefficient (Wildman–Crippen LogP) is 1.10. The van der Waals surface area contributed by atoms with Crippen LogP contribution in [0.3, 0.4) is 0 Å². The van der Waals surface area contributed by atoms with E-state index in [-0.39, 0.29) is 16.5 Å². The highest BCUT2D eigenvalue weighted by molar-refractivity contribution is 8.01. The molecule has 0 saturated carbocycles. The molecule has 0 aliphatic carbocycles. The van der Waals surface area contributed by atoms with E-state index in [0.717, 1.165) is 30.2 Å². The van der Waals surface area contributed by atoms with Crippen LogP contribution in [0.1, 0.15) is 30.7 Å². The fraction of sp³-hybridized carbons (Fsp3) is 0.611. The molecule has 1 amide bonds. The van der Waals surface area contributed by atoms with Crippen molar-refractivity contribution in [3.8, 4) is 11.5 Å². The van der Waals surface area contributed by atoms with Gasteiger partial charge in [0.15, 0.2) is 11.5 Å². The monoisotopic (exact) mass is 349 g/mol. The third-order valence-corrected chi connectivity index (χ3v) is 6.51. The van der Waals surface area contributed by atoms with E-state index in [1.54, 1.807) is 16.7 Å². The summed E-state index contributed by atoms with van der Waals surface area (Å²) in [5, 5.41) is 0.113. The molecule has 130 valence electrons. The van der Waals surface area contributed by atoms with Gasteiger partial charge in [-0.25, -0.2) is 0 Å². The molecule has 1 aromatic carbocycles. The number of nitrogens with zero attached hydrogens (tertiary/aromatic N) is 1. The molecule has 0 unspecified atom stereocenters. The number of amides is 1. The lowest BCUT2D eigenvalue weighted by molar-refractivity contribution is -0.886. The molecule has 2 fully saturated rings. The summed E-state index contributed by atoms with van der Waals surface area (Å²) in [6.45, 7) is 7.60. The molecule has 0 bridgehead atoms. The number of likely N-dealkylation sites (tertiary alicyclic amines) is 1. The molecular formula is C18H25N2O3S+. The zero-order valence-corrected chi connectivity index (χ0v) is 14.9. The Morgan fingerprint density at radius 2 is 1.96 bits per heavy atom. The van der Waals surface area contributed by atoms with Crippen LogP contribution in [-0.4, -0.2) is 55.4 Å². The SMILES string of the molecule is C[C@H]1S[C@@H](c2ccc3c(c2)OCCO3)N(CC[NH+]2CCCC2)C1=O. The number of thioether (sulfide) groups is 1. The minimum atomic E-state index is 0.0248. The van der Waals surface area contributed by atoms with Gasteiger partial charge in [0.25, 0.3) is 0 Å². The molecule has 4 rings (SSSR count). The van der Waals surface area contributed by atoms with Gasteiger partial charge in [-0.3, -0.25) is 4.79 Å². The number of benzene rings is 1. The van der Waals surface area contributed by atoms with E-state index in [9.17, 15) is 4.79 Å². The number of ether oxygens (including phenoxy) is 2. The van der Waals surface area contributed by atoms with Crippen LogP contribution in [0.25, 0.3) is 0 Å². The van der Waals surface area contributed by atoms with Crippen LogP contribution in [0.4, 0.5) is 0 Å². The second-order valence-corrected chi connectivity index (χ2v) is 8.20. The molecule has 5 nitrogen and oxygen atoms in total. The van der Waals surface area contributed by atoms with Crippen LogP contribution in [0.15, 0.2) is 18.2 Å². The van der Waals surface area contributed by atoms with Crippen LogP contribution < -0.4 is 14.4 Å². The first-order chi connectivity index (χ1) is 11.7. The molecule has 0 spiro atoms. The third kappa shape index (κ3) is 3.09. The van der Waals surface area contributed by atoms with Crippen LogP contribution in [0.2, 0.25) is 0 Å². The Balaban J connectivity index is 1.52. The Hall–Kier alpha value is -1.40. The maximum absolute atomic E-state index is 12.6. The lowest BCUT2D eigenvalue weighted by atomic mass is 10.1. The van der Waals surface area contributed by atoms with E-state index in [1.165, 1.54) is 25.9 Å². The Labute approximate surface area is 147 Å². The number of hydrogen-bond acceptors (Lipinski definition) is 4. The van der Waals surface area contributed by atoms with Crippen molar-refractivity contribution in [1.82, 2.24) is 4.90 Å². The molecule has 3 aliphatic rings. The van der Waals surface area contributed by atoms with Crippen LogP contribution in [0, 0.1) is 0 Å². The summed E-state index contributed by atoms with van der Waals surface area (Å²) in [6, 6.07) is 6.10. The van der Waals surface area contributed by atoms with E-state index in [0.29, 0.717) is 13.2 Å². The van der Waals surface area contributed by atoms with Gasteiger partial charge in [0.2, 0.25) is 5.91 Å². The highest BCUT2D eigenvalue weighted by atomic mass is 32.2. The Bertz CT molecular complexity index is 618. The fourth-order valence-electron chi connectivity index (χ4n) is 3.78. The Kier molecular flexibility index (Phi) is 4.59. The maximum Gasteiger partial charge on any atom is 0.236 e. The van der Waals surface area contributed by atoms with Crippen molar-refractivity contribution in [3.05, 3.63) is 23.8 Å². The summed E-state index contributed by atoms with van der Waals surface area (Å²) in [5.74, 6) is 1.87. The van der Waals surface area contributed by atoms with Crippen LogP contribution >= 0.6 is 11.8 Å². The topological polar surface area (TPSA) is 43.2 Å². The second kappa shape index (κ2) is 6.84. The Morgan fingerprint density at radius 1 is 1.21 bits per heavy atom. The van der Waals surface area contributed by atoms with Crippen molar-refractivity contribution in [2.75, 3.05) is 39.4 Å². The lowest BCUT2D eigenvalue weighted by Crippen LogP contribution is -3.10. The van der Waals surface area contributed by atoms with Gasteiger partial charge < -0.3 is 19.3 Å². The average Bonchev–Trinajstić information content (AvgIpc) is 3.22. The summed E-state index contributed by atoms with van der Waals surface area (Å²) >= 11 is 1.74. The smallest absolute Gasteiger partial charge is 0.236 e. The molecule has 3 aliphatic heterocycles. The zero-order chi connectivity index (χ0) is 16.5. The van der Waals surface area contributed by atoms with Gasteiger partial charge >= 0.3 is 0 Å². The van der Waals surface area contributed by atoms with Crippen molar-refractivity contribution < 1.29 is 19.2 Å². The standard InChI is InChI=1S/C18H24N2O3S/c1-13-17(21)20(9-8-19-6-2-3-7-19)18(24-13)14-4-5-15-16(12-14)23-11-10-22-15/h4-5,12-13,18H,2-3,6-11H2,1H3/p+1/t13-,18+/m1/s1. The highest BCUT2D eigenvalue weighted by Gasteiger charge is 2.39. The molecular weight excluding hydrogens is 324 g/mol. The van der Waals surface area contributed by atoms with Gasteiger partial charge in [0.05, 0.1) is 31.4 Å². The first kappa shape index (κ1) is 16.1. The zero-order valence-electron chi connectivity index (χ0n) is 14.1. The van der Waals surface area contributed by atoms with Gasteiger partial charge in [-0.15, -0.1) is 11.8 Å². The van der Waals surface area contributed by atoms with E-state index in [1.807, 2.05) is 19.1 Å². The molecule has 24 heavy (non-hydrogen) atoms. The predicted molar refractivity (Wildman–Crippen MR) is 93.7 cm³/mol. The van der Waals surface area contributed by atoms with E-state index in [2.05, 4.69) is 11.0 Å². The molecule has 3 heterocycles. The number of fused-ring (bicyclic) bond motifs is 1. The van der Waals surface area contributed by atoms with E-state index in [4.69, 9.17) is 9.47 Å². The molecule has 1 aromatic rings. The number of carbonyl (C=O) groups excluding carboxylic acids is 1. The second-order valence-electron chi connectivity index (χ2n) is 6.77. The molecule has 2 saturated heterocycles.